The molecule has 1 aromatic rings. The first-order valence-electron chi connectivity index (χ1n) is 5.49. The van der Waals surface area contributed by atoms with Crippen molar-refractivity contribution in [1.82, 2.24) is 5.32 Å². The van der Waals surface area contributed by atoms with Crippen molar-refractivity contribution in [3.63, 3.8) is 0 Å². The van der Waals surface area contributed by atoms with Gasteiger partial charge < -0.3 is 16.2 Å². The van der Waals surface area contributed by atoms with Gasteiger partial charge in [0.25, 0.3) is 0 Å². The summed E-state index contributed by atoms with van der Waals surface area (Å²) in [5.74, 6) is -0.229. The normalized spacial score (nSPS) is 12.8. The molecule has 1 atom stereocenters. The molecule has 0 bridgehead atoms. The summed E-state index contributed by atoms with van der Waals surface area (Å²) in [4.78, 5) is 0. The van der Waals surface area contributed by atoms with Crippen LogP contribution in [0.25, 0.3) is 0 Å². The average Bonchev–Trinajstić information content (AvgIpc) is 2.26. The average molecular weight is 226 g/mol. The molecule has 0 saturated heterocycles. The maximum absolute atomic E-state index is 12.9. The molecule has 3 nitrogen and oxygen atoms in total. The van der Waals surface area contributed by atoms with Gasteiger partial charge >= 0.3 is 0 Å². The summed E-state index contributed by atoms with van der Waals surface area (Å²) in [6, 6.07) is 4.73. The summed E-state index contributed by atoms with van der Waals surface area (Å²) in [7, 11) is 0. The molecule has 1 aromatic carbocycles. The highest BCUT2D eigenvalue weighted by Gasteiger charge is 2.11. The minimum atomic E-state index is -0.229. The number of rotatable bonds is 6. The highest BCUT2D eigenvalue weighted by atomic mass is 19.1. The molecule has 1 unspecified atom stereocenters. The Labute approximate surface area is 95.5 Å². The van der Waals surface area contributed by atoms with Gasteiger partial charge in [0.2, 0.25) is 0 Å². The predicted molar refractivity (Wildman–Crippen MR) is 62.6 cm³/mol. The summed E-state index contributed by atoms with van der Waals surface area (Å²) in [6.45, 7) is 3.19. The van der Waals surface area contributed by atoms with Crippen LogP contribution in [0.4, 0.5) is 4.39 Å². The SMILES string of the molecule is Cc1cc(F)ccc1C(CN)NCCCO. The Morgan fingerprint density at radius 1 is 1.50 bits per heavy atom. The maximum atomic E-state index is 12.9. The van der Waals surface area contributed by atoms with Crippen molar-refractivity contribution < 1.29 is 9.50 Å². The molecule has 16 heavy (non-hydrogen) atoms. The Kier molecular flexibility index (Phi) is 5.38. The van der Waals surface area contributed by atoms with Crippen LogP contribution in [-0.4, -0.2) is 24.8 Å². The fraction of sp³-hybridized carbons (Fsp3) is 0.500. The number of halogens is 1. The molecule has 0 aliphatic heterocycles. The third-order valence-corrected chi connectivity index (χ3v) is 2.57. The maximum Gasteiger partial charge on any atom is 0.123 e. The van der Waals surface area contributed by atoms with Crippen LogP contribution >= 0.6 is 0 Å². The van der Waals surface area contributed by atoms with Crippen LogP contribution in [0, 0.1) is 12.7 Å². The molecule has 90 valence electrons. The lowest BCUT2D eigenvalue weighted by Gasteiger charge is -2.19. The summed E-state index contributed by atoms with van der Waals surface area (Å²) >= 11 is 0. The van der Waals surface area contributed by atoms with E-state index >= 15 is 0 Å². The number of aliphatic hydroxyl groups excluding tert-OH is 1. The molecule has 4 heteroatoms. The van der Waals surface area contributed by atoms with Crippen LogP contribution < -0.4 is 11.1 Å². The molecule has 4 N–H and O–H groups in total. The molecule has 0 amide bonds. The highest BCUT2D eigenvalue weighted by Crippen LogP contribution is 2.17. The zero-order valence-electron chi connectivity index (χ0n) is 9.54. The number of nitrogens with two attached hydrogens (primary N) is 1. The lowest BCUT2D eigenvalue weighted by molar-refractivity contribution is 0.283. The molecular formula is C12H19FN2O. The lowest BCUT2D eigenvalue weighted by atomic mass is 10.0. The minimum Gasteiger partial charge on any atom is -0.396 e. The Morgan fingerprint density at radius 3 is 2.81 bits per heavy atom. The molecule has 0 aliphatic rings. The number of aryl methyl sites for hydroxylation is 1. The van der Waals surface area contributed by atoms with Crippen molar-refractivity contribution in [1.29, 1.82) is 0 Å². The molecule has 0 heterocycles. The van der Waals surface area contributed by atoms with Crippen LogP contribution in [0.1, 0.15) is 23.6 Å². The number of hydrogen-bond donors (Lipinski definition) is 3. The van der Waals surface area contributed by atoms with Gasteiger partial charge in [-0.25, -0.2) is 4.39 Å². The molecule has 0 aliphatic carbocycles. The van der Waals surface area contributed by atoms with E-state index < -0.39 is 0 Å². The molecule has 0 fully saturated rings. The van der Waals surface area contributed by atoms with Crippen LogP contribution in [0.15, 0.2) is 18.2 Å². The second-order valence-electron chi connectivity index (χ2n) is 3.82. The first kappa shape index (κ1) is 13.1. The van der Waals surface area contributed by atoms with E-state index in [1.807, 2.05) is 6.92 Å². The molecule has 1 rings (SSSR count). The van der Waals surface area contributed by atoms with Gasteiger partial charge in [0.1, 0.15) is 5.82 Å². The second kappa shape index (κ2) is 6.58. The quantitative estimate of drug-likeness (QED) is 0.637. The van der Waals surface area contributed by atoms with Crippen molar-refractivity contribution in [2.24, 2.45) is 5.73 Å². The van der Waals surface area contributed by atoms with Gasteiger partial charge in [0.05, 0.1) is 0 Å². The number of nitrogens with one attached hydrogen (secondary N) is 1. The Balaban J connectivity index is 2.70. The molecule has 0 spiro atoms. The topological polar surface area (TPSA) is 58.3 Å². The van der Waals surface area contributed by atoms with E-state index in [4.69, 9.17) is 10.8 Å². The number of benzene rings is 1. The van der Waals surface area contributed by atoms with E-state index in [0.717, 1.165) is 11.1 Å². The van der Waals surface area contributed by atoms with E-state index in [2.05, 4.69) is 5.32 Å². The fourth-order valence-electron chi connectivity index (χ4n) is 1.71. The van der Waals surface area contributed by atoms with E-state index in [9.17, 15) is 4.39 Å². The second-order valence-corrected chi connectivity index (χ2v) is 3.82. The van der Waals surface area contributed by atoms with E-state index in [1.165, 1.54) is 12.1 Å². The summed E-state index contributed by atoms with van der Waals surface area (Å²) in [6.07, 6.45) is 0.691. The zero-order valence-corrected chi connectivity index (χ0v) is 9.54. The Morgan fingerprint density at radius 2 is 2.25 bits per heavy atom. The smallest absolute Gasteiger partial charge is 0.123 e. The predicted octanol–water partition coefficient (Wildman–Crippen LogP) is 1.11. The first-order valence-corrected chi connectivity index (χ1v) is 5.49. The summed E-state index contributed by atoms with van der Waals surface area (Å²) in [5, 5.41) is 11.9. The number of aliphatic hydroxyl groups is 1. The van der Waals surface area contributed by atoms with Gasteiger partial charge in [-0.3, -0.25) is 0 Å². The highest BCUT2D eigenvalue weighted by molar-refractivity contribution is 5.29. The van der Waals surface area contributed by atoms with Gasteiger partial charge in [-0.2, -0.15) is 0 Å². The Bertz CT molecular complexity index is 331. The summed E-state index contributed by atoms with van der Waals surface area (Å²) in [5.41, 5.74) is 7.59. The fourth-order valence-corrected chi connectivity index (χ4v) is 1.71. The van der Waals surface area contributed by atoms with Crippen LogP contribution in [0.5, 0.6) is 0 Å². The van der Waals surface area contributed by atoms with Crippen molar-refractivity contribution in [2.75, 3.05) is 19.7 Å². The zero-order chi connectivity index (χ0) is 12.0. The van der Waals surface area contributed by atoms with E-state index in [0.29, 0.717) is 19.5 Å². The van der Waals surface area contributed by atoms with Crippen molar-refractivity contribution in [3.8, 4) is 0 Å². The standard InChI is InChI=1S/C12H19FN2O/c1-9-7-10(13)3-4-11(9)12(8-14)15-5-2-6-16/h3-4,7,12,15-16H,2,5-6,8,14H2,1H3. The largest absolute Gasteiger partial charge is 0.396 e. The third kappa shape index (κ3) is 3.56. The monoisotopic (exact) mass is 226 g/mol. The third-order valence-electron chi connectivity index (χ3n) is 2.57. The van der Waals surface area contributed by atoms with Crippen LogP contribution in [0.2, 0.25) is 0 Å². The molecule has 0 aromatic heterocycles. The first-order chi connectivity index (χ1) is 7.69. The van der Waals surface area contributed by atoms with Crippen LogP contribution in [-0.2, 0) is 0 Å². The van der Waals surface area contributed by atoms with Gasteiger partial charge in [-0.05, 0) is 43.1 Å². The summed E-state index contributed by atoms with van der Waals surface area (Å²) < 4.78 is 12.9. The molecule has 0 saturated carbocycles. The van der Waals surface area contributed by atoms with Crippen molar-refractivity contribution >= 4 is 0 Å². The number of hydrogen-bond acceptors (Lipinski definition) is 3. The minimum absolute atomic E-state index is 0.0205. The van der Waals surface area contributed by atoms with Gasteiger partial charge in [-0.1, -0.05) is 6.07 Å². The molecular weight excluding hydrogens is 207 g/mol. The van der Waals surface area contributed by atoms with E-state index in [-0.39, 0.29) is 18.5 Å². The van der Waals surface area contributed by atoms with Gasteiger partial charge in [0.15, 0.2) is 0 Å². The lowest BCUT2D eigenvalue weighted by Crippen LogP contribution is -2.30. The van der Waals surface area contributed by atoms with E-state index in [1.54, 1.807) is 6.07 Å². The molecule has 0 radical (unpaired) electrons. The van der Waals surface area contributed by atoms with Crippen molar-refractivity contribution in [2.45, 2.75) is 19.4 Å². The van der Waals surface area contributed by atoms with Gasteiger partial charge in [-0.15, -0.1) is 0 Å². The van der Waals surface area contributed by atoms with Gasteiger partial charge in [0, 0.05) is 19.2 Å². The van der Waals surface area contributed by atoms with Crippen molar-refractivity contribution in [3.05, 3.63) is 35.1 Å². The van der Waals surface area contributed by atoms with Crippen LogP contribution in [0.3, 0.4) is 0 Å². The Hall–Kier alpha value is -0.970.